The fourth-order valence-corrected chi connectivity index (χ4v) is 7.90. The van der Waals surface area contributed by atoms with Gasteiger partial charge in [-0.3, -0.25) is 9.59 Å². The Morgan fingerprint density at radius 1 is 0.293 bits per heavy atom. The van der Waals surface area contributed by atoms with Gasteiger partial charge in [0, 0.05) is 38.8 Å². The van der Waals surface area contributed by atoms with E-state index in [0.717, 1.165) is 77.3 Å². The fourth-order valence-electron chi connectivity index (χ4n) is 7.90. The first-order chi connectivity index (χ1) is 28.7. The summed E-state index contributed by atoms with van der Waals surface area (Å²) in [4.78, 5) is 24.2. The molecule has 0 bridgehead atoms. The predicted molar refractivity (Wildman–Crippen MR) is 256 cm³/mol. The number of hydrogen-bond donors (Lipinski definition) is 2. The van der Waals surface area contributed by atoms with Gasteiger partial charge in [-0.1, -0.05) is 244 Å². The molecule has 58 heavy (non-hydrogen) atoms. The van der Waals surface area contributed by atoms with Crippen molar-refractivity contribution < 1.29 is 9.59 Å². The molecule has 0 fully saturated rings. The minimum Gasteiger partial charge on any atom is -0.356 e. The molecule has 0 saturated carbocycles. The van der Waals surface area contributed by atoms with Crippen molar-refractivity contribution in [3.05, 3.63) is 0 Å². The van der Waals surface area contributed by atoms with E-state index in [4.69, 9.17) is 0 Å². The highest BCUT2D eigenvalue weighted by molar-refractivity contribution is 5.76. The van der Waals surface area contributed by atoms with Crippen molar-refractivity contribution in [2.75, 3.05) is 13.1 Å². The van der Waals surface area contributed by atoms with Crippen LogP contribution in [-0.2, 0) is 9.59 Å². The SMILES string of the molecule is CCCCCCCCCCCCCCCCNC(=O)CCCCCCCCC#CC#CCCCCCCCCC(=O)NCCCCCCCCCCCCCCCC. The van der Waals surface area contributed by atoms with Crippen LogP contribution in [0.4, 0.5) is 0 Å². The first kappa shape index (κ1) is 56.1. The molecular weight excluding hydrogens is 709 g/mol. The molecule has 0 heterocycles. The molecule has 0 aromatic carbocycles. The Morgan fingerprint density at radius 2 is 0.517 bits per heavy atom. The zero-order valence-electron chi connectivity index (χ0n) is 39.3. The van der Waals surface area contributed by atoms with Gasteiger partial charge < -0.3 is 10.6 Å². The van der Waals surface area contributed by atoms with Crippen LogP contribution in [0.1, 0.15) is 296 Å². The lowest BCUT2D eigenvalue weighted by molar-refractivity contribution is -0.122. The van der Waals surface area contributed by atoms with Crippen molar-refractivity contribution in [1.82, 2.24) is 10.6 Å². The number of carbonyl (C=O) groups is 2. The first-order valence-electron chi connectivity index (χ1n) is 26.2. The van der Waals surface area contributed by atoms with Gasteiger partial charge in [-0.25, -0.2) is 0 Å². The van der Waals surface area contributed by atoms with Crippen LogP contribution in [0, 0.1) is 23.7 Å². The van der Waals surface area contributed by atoms with Gasteiger partial charge in [0.05, 0.1) is 0 Å². The summed E-state index contributed by atoms with van der Waals surface area (Å²) in [7, 11) is 0. The summed E-state index contributed by atoms with van der Waals surface area (Å²) in [6, 6.07) is 0. The van der Waals surface area contributed by atoms with Gasteiger partial charge >= 0.3 is 0 Å². The molecule has 0 aromatic heterocycles. The van der Waals surface area contributed by atoms with Gasteiger partial charge in [0.1, 0.15) is 0 Å². The summed E-state index contributed by atoms with van der Waals surface area (Å²) in [5.41, 5.74) is 0. The number of hydrogen-bond acceptors (Lipinski definition) is 2. The minimum atomic E-state index is 0.240. The summed E-state index contributed by atoms with van der Waals surface area (Å²) in [6.45, 7) is 6.28. The third-order valence-corrected chi connectivity index (χ3v) is 11.9. The Hall–Kier alpha value is -1.94. The molecule has 0 aliphatic heterocycles. The van der Waals surface area contributed by atoms with Crippen LogP contribution in [-0.4, -0.2) is 24.9 Å². The lowest BCUT2D eigenvalue weighted by Gasteiger charge is -2.06. The normalized spacial score (nSPS) is 10.9. The van der Waals surface area contributed by atoms with Crippen molar-refractivity contribution >= 4 is 11.8 Å². The molecule has 4 heteroatoms. The van der Waals surface area contributed by atoms with Crippen molar-refractivity contribution in [3.8, 4) is 23.7 Å². The van der Waals surface area contributed by atoms with E-state index in [1.165, 1.54) is 205 Å². The zero-order chi connectivity index (χ0) is 41.9. The molecule has 2 N–H and O–H groups in total. The Bertz CT molecular complexity index is 891. The van der Waals surface area contributed by atoms with Crippen molar-refractivity contribution in [3.63, 3.8) is 0 Å². The molecule has 4 nitrogen and oxygen atoms in total. The monoisotopic (exact) mass is 809 g/mol. The van der Waals surface area contributed by atoms with Crippen molar-refractivity contribution in [1.29, 1.82) is 0 Å². The number of carbonyl (C=O) groups excluding carboxylic acids is 2. The highest BCUT2D eigenvalue weighted by Gasteiger charge is 2.02. The predicted octanol–water partition coefficient (Wildman–Crippen LogP) is 16.4. The number of unbranched alkanes of at least 4 members (excludes halogenated alkanes) is 38. The van der Waals surface area contributed by atoms with E-state index in [2.05, 4.69) is 48.2 Å². The highest BCUT2D eigenvalue weighted by Crippen LogP contribution is 2.15. The van der Waals surface area contributed by atoms with Gasteiger partial charge in [0.25, 0.3) is 0 Å². The van der Waals surface area contributed by atoms with E-state index in [0.29, 0.717) is 12.8 Å². The summed E-state index contributed by atoms with van der Waals surface area (Å²) < 4.78 is 0. The Labute approximate surface area is 364 Å². The summed E-state index contributed by atoms with van der Waals surface area (Å²) in [5, 5.41) is 6.26. The summed E-state index contributed by atoms with van der Waals surface area (Å²) in [6.07, 6.45) is 55.6. The smallest absolute Gasteiger partial charge is 0.219 e. The van der Waals surface area contributed by atoms with E-state index in [-0.39, 0.29) is 11.8 Å². The van der Waals surface area contributed by atoms with Crippen LogP contribution >= 0.6 is 0 Å². The molecule has 0 rings (SSSR count). The van der Waals surface area contributed by atoms with Crippen LogP contribution in [0.3, 0.4) is 0 Å². The minimum absolute atomic E-state index is 0.240. The number of amides is 2. The van der Waals surface area contributed by atoms with Gasteiger partial charge in [-0.05, 0) is 50.4 Å². The van der Waals surface area contributed by atoms with Crippen LogP contribution in [0.25, 0.3) is 0 Å². The second-order valence-electron chi connectivity index (χ2n) is 17.7. The lowest BCUT2D eigenvalue weighted by Crippen LogP contribution is -2.23. The van der Waals surface area contributed by atoms with Crippen molar-refractivity contribution in [2.24, 2.45) is 0 Å². The molecule has 0 aromatic rings. The average molecular weight is 809 g/mol. The van der Waals surface area contributed by atoms with Gasteiger partial charge in [-0.15, -0.1) is 0 Å². The maximum absolute atomic E-state index is 12.1. The fraction of sp³-hybridized carbons (Fsp3) is 0.889. The Balaban J connectivity index is 3.32. The van der Waals surface area contributed by atoms with Crippen LogP contribution in [0.15, 0.2) is 0 Å². The summed E-state index contributed by atoms with van der Waals surface area (Å²) in [5.74, 6) is 13.0. The molecule has 0 aliphatic rings. The standard InChI is InChI=1S/C54H100N2O2/c1-3-5-7-9-11-13-15-17-27-31-35-39-43-47-51-55-53(57)49-45-41-37-33-29-25-23-21-19-20-22-24-26-30-34-38-42-46-50-54(58)56-52-48-44-40-36-32-28-18-16-14-12-10-8-6-4-2/h3-18,23-52H2,1-2H3,(H,55,57)(H,56,58). The van der Waals surface area contributed by atoms with Gasteiger partial charge in [0.2, 0.25) is 11.8 Å². The average Bonchev–Trinajstić information content (AvgIpc) is 3.22. The van der Waals surface area contributed by atoms with E-state index >= 15 is 0 Å². The third kappa shape index (κ3) is 50.2. The zero-order valence-corrected chi connectivity index (χ0v) is 39.3. The first-order valence-corrected chi connectivity index (χ1v) is 26.2. The summed E-state index contributed by atoms with van der Waals surface area (Å²) >= 11 is 0. The Morgan fingerprint density at radius 3 is 0.793 bits per heavy atom. The van der Waals surface area contributed by atoms with Crippen LogP contribution in [0.5, 0.6) is 0 Å². The largest absolute Gasteiger partial charge is 0.356 e. The molecule has 2 amide bonds. The molecule has 0 aliphatic carbocycles. The maximum atomic E-state index is 12.1. The second-order valence-corrected chi connectivity index (χ2v) is 17.7. The van der Waals surface area contributed by atoms with Crippen LogP contribution in [0.2, 0.25) is 0 Å². The van der Waals surface area contributed by atoms with E-state index < -0.39 is 0 Å². The molecule has 0 spiro atoms. The topological polar surface area (TPSA) is 58.2 Å². The van der Waals surface area contributed by atoms with Crippen molar-refractivity contribution in [2.45, 2.75) is 296 Å². The second kappa shape index (κ2) is 51.2. The highest BCUT2D eigenvalue weighted by atomic mass is 16.2. The maximum Gasteiger partial charge on any atom is 0.219 e. The quantitative estimate of drug-likeness (QED) is 0.0475. The molecule has 0 unspecified atom stereocenters. The number of rotatable bonds is 46. The molecular formula is C54H100N2O2. The van der Waals surface area contributed by atoms with Gasteiger partial charge in [0.15, 0.2) is 0 Å². The third-order valence-electron chi connectivity index (χ3n) is 11.9. The Kier molecular flexibility index (Phi) is 49.5. The van der Waals surface area contributed by atoms with E-state index in [1.54, 1.807) is 0 Å². The molecule has 0 saturated heterocycles. The molecule has 0 radical (unpaired) electrons. The lowest BCUT2D eigenvalue weighted by atomic mass is 10.0. The number of nitrogens with one attached hydrogen (secondary N) is 2. The van der Waals surface area contributed by atoms with Gasteiger partial charge in [-0.2, -0.15) is 0 Å². The molecule has 0 atom stereocenters. The van der Waals surface area contributed by atoms with Crippen LogP contribution < -0.4 is 10.6 Å². The molecule has 338 valence electrons. The van der Waals surface area contributed by atoms with E-state index in [9.17, 15) is 9.59 Å². The van der Waals surface area contributed by atoms with E-state index in [1.807, 2.05) is 0 Å².